The zero-order chi connectivity index (χ0) is 11.7. The first-order valence-electron chi connectivity index (χ1n) is 7.32. The normalized spacial score (nSPS) is 43.7. The second-order valence-corrected chi connectivity index (χ2v) is 6.88. The molecule has 0 bridgehead atoms. The summed E-state index contributed by atoms with van der Waals surface area (Å²) in [6.07, 6.45) is 7.29. The highest BCUT2D eigenvalue weighted by atomic mass is 15.0. The molecule has 2 aliphatic rings. The van der Waals surface area contributed by atoms with Crippen molar-refractivity contribution in [2.45, 2.75) is 71.9 Å². The molecule has 1 N–H and O–H groups in total. The van der Waals surface area contributed by atoms with E-state index >= 15 is 0 Å². The summed E-state index contributed by atoms with van der Waals surface area (Å²) in [7, 11) is 0. The molecule has 0 aromatic heterocycles. The van der Waals surface area contributed by atoms with Gasteiger partial charge in [0.1, 0.15) is 0 Å². The number of nitrogens with one attached hydrogen (secondary N) is 1. The molecule has 0 aromatic rings. The van der Waals surface area contributed by atoms with E-state index in [1.54, 1.807) is 0 Å². The first-order chi connectivity index (χ1) is 7.56. The second-order valence-electron chi connectivity index (χ2n) is 6.88. The summed E-state index contributed by atoms with van der Waals surface area (Å²) in [6.45, 7) is 9.53. The van der Waals surface area contributed by atoms with Crippen LogP contribution in [0, 0.1) is 23.7 Å². The van der Waals surface area contributed by atoms with Crippen LogP contribution in [0.3, 0.4) is 0 Å². The molecule has 16 heavy (non-hydrogen) atoms. The monoisotopic (exact) mass is 223 g/mol. The summed E-state index contributed by atoms with van der Waals surface area (Å²) in [5, 5.41) is 3.79. The molecule has 1 heteroatoms. The van der Waals surface area contributed by atoms with E-state index in [4.69, 9.17) is 0 Å². The fourth-order valence-corrected chi connectivity index (χ4v) is 4.01. The molecular formula is C15H29N. The largest absolute Gasteiger partial charge is 0.311 e. The van der Waals surface area contributed by atoms with Gasteiger partial charge in [0, 0.05) is 12.1 Å². The van der Waals surface area contributed by atoms with Gasteiger partial charge in [0.25, 0.3) is 0 Å². The smallest absolute Gasteiger partial charge is 0.0124 e. The summed E-state index contributed by atoms with van der Waals surface area (Å²) < 4.78 is 0. The molecule has 1 aliphatic carbocycles. The van der Waals surface area contributed by atoms with Crippen LogP contribution in [0.2, 0.25) is 0 Å². The van der Waals surface area contributed by atoms with Crippen molar-refractivity contribution in [3.63, 3.8) is 0 Å². The van der Waals surface area contributed by atoms with Crippen LogP contribution in [0.4, 0.5) is 0 Å². The van der Waals surface area contributed by atoms with E-state index in [1.807, 2.05) is 0 Å². The third-order valence-electron chi connectivity index (χ3n) is 4.75. The van der Waals surface area contributed by atoms with Crippen LogP contribution < -0.4 is 5.32 Å². The number of rotatable bonds is 3. The number of hydrogen-bond donors (Lipinski definition) is 1. The van der Waals surface area contributed by atoms with Crippen molar-refractivity contribution in [2.75, 3.05) is 0 Å². The molecular weight excluding hydrogens is 194 g/mol. The maximum atomic E-state index is 3.79. The lowest BCUT2D eigenvalue weighted by Crippen LogP contribution is -2.40. The van der Waals surface area contributed by atoms with Gasteiger partial charge < -0.3 is 5.32 Å². The van der Waals surface area contributed by atoms with Crippen LogP contribution in [0.5, 0.6) is 0 Å². The molecule has 1 nitrogen and oxygen atoms in total. The Morgan fingerprint density at radius 1 is 1.12 bits per heavy atom. The third-order valence-corrected chi connectivity index (χ3v) is 4.75. The van der Waals surface area contributed by atoms with Gasteiger partial charge in [-0.3, -0.25) is 0 Å². The standard InChI is InChI=1S/C15H29N/c1-10(2)5-6-13-7-11(3)15-14(9-13)8-12(4)16-15/h10-16H,5-9H2,1-4H3. The topological polar surface area (TPSA) is 12.0 Å². The average Bonchev–Trinajstić information content (AvgIpc) is 2.56. The van der Waals surface area contributed by atoms with E-state index in [0.717, 1.165) is 35.8 Å². The van der Waals surface area contributed by atoms with Crippen LogP contribution in [-0.4, -0.2) is 12.1 Å². The molecule has 5 atom stereocenters. The zero-order valence-corrected chi connectivity index (χ0v) is 11.5. The molecule has 1 saturated heterocycles. The lowest BCUT2D eigenvalue weighted by atomic mass is 9.71. The van der Waals surface area contributed by atoms with Gasteiger partial charge in [0.15, 0.2) is 0 Å². The lowest BCUT2D eigenvalue weighted by Gasteiger charge is -2.37. The Bertz CT molecular complexity index is 223. The maximum absolute atomic E-state index is 3.79. The van der Waals surface area contributed by atoms with Crippen LogP contribution in [0.15, 0.2) is 0 Å². The van der Waals surface area contributed by atoms with Crippen LogP contribution in [-0.2, 0) is 0 Å². The van der Waals surface area contributed by atoms with Gasteiger partial charge in [-0.2, -0.15) is 0 Å². The first kappa shape index (κ1) is 12.4. The molecule has 0 radical (unpaired) electrons. The molecule has 2 rings (SSSR count). The highest BCUT2D eigenvalue weighted by molar-refractivity contribution is 4.96. The van der Waals surface area contributed by atoms with E-state index in [1.165, 1.54) is 32.1 Å². The Labute approximate surface area is 101 Å². The fraction of sp³-hybridized carbons (Fsp3) is 1.00. The maximum Gasteiger partial charge on any atom is 0.0124 e. The third kappa shape index (κ3) is 2.80. The molecule has 1 heterocycles. The van der Waals surface area contributed by atoms with E-state index in [2.05, 4.69) is 33.0 Å². The van der Waals surface area contributed by atoms with Crippen molar-refractivity contribution in [3.05, 3.63) is 0 Å². The van der Waals surface area contributed by atoms with Gasteiger partial charge in [-0.1, -0.05) is 33.6 Å². The summed E-state index contributed by atoms with van der Waals surface area (Å²) in [5.41, 5.74) is 0. The first-order valence-corrected chi connectivity index (χ1v) is 7.32. The Kier molecular flexibility index (Phi) is 3.94. The molecule has 94 valence electrons. The molecule has 0 aromatic carbocycles. The lowest BCUT2D eigenvalue weighted by molar-refractivity contribution is 0.168. The van der Waals surface area contributed by atoms with Gasteiger partial charge in [-0.05, 0) is 49.9 Å². The highest BCUT2D eigenvalue weighted by Gasteiger charge is 2.40. The van der Waals surface area contributed by atoms with Gasteiger partial charge in [-0.15, -0.1) is 0 Å². The van der Waals surface area contributed by atoms with Gasteiger partial charge >= 0.3 is 0 Å². The SMILES string of the molecule is CC(C)CCC1CC(C)C2NC(C)CC2C1. The summed E-state index contributed by atoms with van der Waals surface area (Å²) in [4.78, 5) is 0. The Morgan fingerprint density at radius 3 is 2.56 bits per heavy atom. The van der Waals surface area contributed by atoms with Crippen molar-refractivity contribution in [2.24, 2.45) is 23.7 Å². The van der Waals surface area contributed by atoms with E-state index in [-0.39, 0.29) is 0 Å². The second kappa shape index (κ2) is 5.08. The molecule has 1 aliphatic heterocycles. The number of hydrogen-bond acceptors (Lipinski definition) is 1. The van der Waals surface area contributed by atoms with Gasteiger partial charge in [0.2, 0.25) is 0 Å². The predicted octanol–water partition coefficient (Wildman–Crippen LogP) is 3.84. The van der Waals surface area contributed by atoms with Crippen LogP contribution in [0.1, 0.15) is 59.8 Å². The zero-order valence-electron chi connectivity index (χ0n) is 11.5. The minimum atomic E-state index is 0.765. The van der Waals surface area contributed by atoms with E-state index in [0.29, 0.717) is 0 Å². The van der Waals surface area contributed by atoms with Crippen LogP contribution in [0.25, 0.3) is 0 Å². The molecule has 1 saturated carbocycles. The Morgan fingerprint density at radius 2 is 1.88 bits per heavy atom. The van der Waals surface area contributed by atoms with E-state index < -0.39 is 0 Å². The Hall–Kier alpha value is -0.0400. The minimum absolute atomic E-state index is 0.765. The highest BCUT2D eigenvalue weighted by Crippen LogP contribution is 2.41. The quantitative estimate of drug-likeness (QED) is 0.766. The molecule has 0 amide bonds. The van der Waals surface area contributed by atoms with Crippen LogP contribution >= 0.6 is 0 Å². The van der Waals surface area contributed by atoms with Crippen molar-refractivity contribution < 1.29 is 0 Å². The summed E-state index contributed by atoms with van der Waals surface area (Å²) in [6, 6.07) is 1.60. The van der Waals surface area contributed by atoms with Gasteiger partial charge in [0.05, 0.1) is 0 Å². The van der Waals surface area contributed by atoms with Crippen molar-refractivity contribution in [3.8, 4) is 0 Å². The van der Waals surface area contributed by atoms with Gasteiger partial charge in [-0.25, -0.2) is 0 Å². The molecule has 5 unspecified atom stereocenters. The average molecular weight is 223 g/mol. The van der Waals surface area contributed by atoms with Crippen molar-refractivity contribution >= 4 is 0 Å². The fourth-order valence-electron chi connectivity index (χ4n) is 4.01. The predicted molar refractivity (Wildman–Crippen MR) is 70.5 cm³/mol. The van der Waals surface area contributed by atoms with Crippen molar-refractivity contribution in [1.29, 1.82) is 0 Å². The molecule has 2 fully saturated rings. The summed E-state index contributed by atoms with van der Waals surface area (Å²) in [5.74, 6) is 3.79. The van der Waals surface area contributed by atoms with E-state index in [9.17, 15) is 0 Å². The molecule has 0 spiro atoms. The summed E-state index contributed by atoms with van der Waals surface area (Å²) >= 11 is 0. The number of fused-ring (bicyclic) bond motifs is 1. The van der Waals surface area contributed by atoms with Crippen molar-refractivity contribution in [1.82, 2.24) is 5.32 Å². The Balaban J connectivity index is 1.86. The minimum Gasteiger partial charge on any atom is -0.311 e.